The molecule has 0 spiro atoms. The summed E-state index contributed by atoms with van der Waals surface area (Å²) in [5.41, 5.74) is 1.45. The van der Waals surface area contributed by atoms with Gasteiger partial charge in [-0.3, -0.25) is 0 Å². The van der Waals surface area contributed by atoms with E-state index in [2.05, 4.69) is 6.92 Å². The van der Waals surface area contributed by atoms with Gasteiger partial charge in [-0.2, -0.15) is 0 Å². The molecule has 31 heavy (non-hydrogen) atoms. The standard InChI is InChI=1S/C28H36F2O/c1-3-4-5-6-19-7-8-22-16-23(10-9-21(22)15-19)24-17-26(29)28(27(30)18-24)20-11-13-25(31-2)14-12-20/h11-14,17-19,21-23H,3-10,15-16H2,1-2H3/t19?,21-,22-,23-/m1/s1. The van der Waals surface area contributed by atoms with Crippen LogP contribution in [0.4, 0.5) is 8.78 Å². The second-order valence-corrected chi connectivity index (χ2v) is 9.79. The molecule has 0 heterocycles. The van der Waals surface area contributed by atoms with Crippen LogP contribution in [-0.4, -0.2) is 7.11 Å². The van der Waals surface area contributed by atoms with Gasteiger partial charge in [-0.1, -0.05) is 51.2 Å². The molecular weight excluding hydrogens is 390 g/mol. The summed E-state index contributed by atoms with van der Waals surface area (Å²) in [4.78, 5) is 0. The molecule has 0 bridgehead atoms. The molecule has 0 N–H and O–H groups in total. The lowest BCUT2D eigenvalue weighted by molar-refractivity contribution is 0.113. The van der Waals surface area contributed by atoms with Crippen molar-refractivity contribution < 1.29 is 13.5 Å². The zero-order chi connectivity index (χ0) is 21.8. The van der Waals surface area contributed by atoms with Crippen molar-refractivity contribution in [3.05, 3.63) is 53.6 Å². The molecule has 2 aromatic rings. The van der Waals surface area contributed by atoms with Crippen LogP contribution in [0, 0.1) is 29.4 Å². The highest BCUT2D eigenvalue weighted by atomic mass is 19.1. The molecule has 2 aliphatic carbocycles. The molecule has 4 rings (SSSR count). The third-order valence-electron chi connectivity index (χ3n) is 7.85. The molecule has 0 saturated heterocycles. The van der Waals surface area contributed by atoms with Gasteiger partial charge in [0.15, 0.2) is 0 Å². The van der Waals surface area contributed by atoms with Crippen LogP contribution >= 0.6 is 0 Å². The zero-order valence-corrected chi connectivity index (χ0v) is 19.0. The lowest BCUT2D eigenvalue weighted by atomic mass is 9.63. The highest BCUT2D eigenvalue weighted by Gasteiger charge is 2.36. The molecule has 0 aliphatic heterocycles. The Kier molecular flexibility index (Phi) is 7.30. The van der Waals surface area contributed by atoms with Crippen LogP contribution in [0.15, 0.2) is 36.4 Å². The number of hydrogen-bond acceptors (Lipinski definition) is 1. The number of hydrogen-bond donors (Lipinski definition) is 0. The fraction of sp³-hybridized carbons (Fsp3) is 0.571. The van der Waals surface area contributed by atoms with Gasteiger partial charge in [0.05, 0.1) is 12.7 Å². The number of halogens is 2. The Labute approximate surface area is 186 Å². The first-order valence-corrected chi connectivity index (χ1v) is 12.2. The highest BCUT2D eigenvalue weighted by molar-refractivity contribution is 5.66. The molecule has 2 saturated carbocycles. The van der Waals surface area contributed by atoms with Crippen molar-refractivity contribution in [2.45, 2.75) is 77.0 Å². The Morgan fingerprint density at radius 3 is 2.23 bits per heavy atom. The average Bonchev–Trinajstić information content (AvgIpc) is 2.79. The van der Waals surface area contributed by atoms with E-state index in [0.717, 1.165) is 36.2 Å². The summed E-state index contributed by atoms with van der Waals surface area (Å²) in [6.07, 6.45) is 12.8. The molecular formula is C28H36F2O. The summed E-state index contributed by atoms with van der Waals surface area (Å²) in [6.45, 7) is 2.27. The first-order valence-electron chi connectivity index (χ1n) is 12.2. The molecule has 0 aromatic heterocycles. The highest BCUT2D eigenvalue weighted by Crippen LogP contribution is 2.49. The minimum absolute atomic E-state index is 0.0627. The number of unbranched alkanes of at least 4 members (excludes halogenated alkanes) is 2. The smallest absolute Gasteiger partial charge is 0.134 e. The van der Waals surface area contributed by atoms with Crippen LogP contribution in [0.1, 0.15) is 82.6 Å². The monoisotopic (exact) mass is 426 g/mol. The fourth-order valence-electron chi connectivity index (χ4n) is 6.10. The summed E-state index contributed by atoms with van der Waals surface area (Å²) in [5, 5.41) is 0. The fourth-order valence-corrected chi connectivity index (χ4v) is 6.10. The third-order valence-corrected chi connectivity index (χ3v) is 7.85. The molecule has 4 atom stereocenters. The lowest BCUT2D eigenvalue weighted by Crippen LogP contribution is -2.30. The zero-order valence-electron chi connectivity index (χ0n) is 19.0. The molecule has 2 aromatic carbocycles. The Bertz CT molecular complexity index is 837. The van der Waals surface area contributed by atoms with Gasteiger partial charge in [-0.05, 0) is 91.2 Å². The van der Waals surface area contributed by atoms with Crippen molar-refractivity contribution in [2.24, 2.45) is 17.8 Å². The van der Waals surface area contributed by atoms with E-state index in [1.807, 2.05) is 0 Å². The maximum Gasteiger partial charge on any atom is 0.134 e. The van der Waals surface area contributed by atoms with Crippen molar-refractivity contribution in [3.8, 4) is 16.9 Å². The lowest BCUT2D eigenvalue weighted by Gasteiger charge is -2.42. The van der Waals surface area contributed by atoms with E-state index in [-0.39, 0.29) is 11.5 Å². The van der Waals surface area contributed by atoms with E-state index in [4.69, 9.17) is 4.74 Å². The molecule has 0 radical (unpaired) electrons. The minimum Gasteiger partial charge on any atom is -0.497 e. The van der Waals surface area contributed by atoms with E-state index < -0.39 is 11.6 Å². The number of rotatable bonds is 7. The maximum atomic E-state index is 15.0. The Hall–Kier alpha value is -1.90. The van der Waals surface area contributed by atoms with Gasteiger partial charge < -0.3 is 4.74 Å². The Morgan fingerprint density at radius 2 is 1.55 bits per heavy atom. The van der Waals surface area contributed by atoms with E-state index >= 15 is 0 Å². The summed E-state index contributed by atoms with van der Waals surface area (Å²) in [7, 11) is 1.58. The minimum atomic E-state index is -0.457. The van der Waals surface area contributed by atoms with Crippen LogP contribution in [0.25, 0.3) is 11.1 Å². The number of fused-ring (bicyclic) bond motifs is 1. The largest absolute Gasteiger partial charge is 0.497 e. The van der Waals surface area contributed by atoms with E-state index in [1.165, 1.54) is 51.4 Å². The summed E-state index contributed by atoms with van der Waals surface area (Å²) < 4.78 is 35.1. The Morgan fingerprint density at radius 1 is 0.871 bits per heavy atom. The van der Waals surface area contributed by atoms with Crippen molar-refractivity contribution in [2.75, 3.05) is 7.11 Å². The third kappa shape index (κ3) is 5.13. The number of methoxy groups -OCH3 is 1. The number of ether oxygens (including phenoxy) is 1. The van der Waals surface area contributed by atoms with Crippen molar-refractivity contribution in [1.29, 1.82) is 0 Å². The summed E-state index contributed by atoms with van der Waals surface area (Å²) in [6, 6.07) is 10.1. The van der Waals surface area contributed by atoms with E-state index in [1.54, 1.807) is 43.5 Å². The van der Waals surface area contributed by atoms with Crippen LogP contribution in [0.3, 0.4) is 0 Å². The van der Waals surface area contributed by atoms with Gasteiger partial charge in [0.25, 0.3) is 0 Å². The van der Waals surface area contributed by atoms with Crippen LogP contribution in [0.5, 0.6) is 5.75 Å². The molecule has 1 nitrogen and oxygen atoms in total. The SMILES string of the molecule is CCCCCC1CC[C@@H]2C[C@H](c3cc(F)c(-c4ccc(OC)cc4)c(F)c3)CC[C@@H]2C1. The normalized spacial score (nSPS) is 25.8. The second-order valence-electron chi connectivity index (χ2n) is 9.79. The van der Waals surface area contributed by atoms with Crippen molar-refractivity contribution in [1.82, 2.24) is 0 Å². The van der Waals surface area contributed by atoms with Gasteiger partial charge in [0, 0.05) is 0 Å². The van der Waals surface area contributed by atoms with Crippen molar-refractivity contribution in [3.63, 3.8) is 0 Å². The topological polar surface area (TPSA) is 9.23 Å². The molecule has 0 amide bonds. The first kappa shape index (κ1) is 22.3. The van der Waals surface area contributed by atoms with Gasteiger partial charge in [-0.15, -0.1) is 0 Å². The van der Waals surface area contributed by atoms with Gasteiger partial charge in [0.1, 0.15) is 17.4 Å². The van der Waals surface area contributed by atoms with E-state index in [0.29, 0.717) is 11.3 Å². The van der Waals surface area contributed by atoms with E-state index in [9.17, 15) is 8.78 Å². The second kappa shape index (κ2) is 10.1. The molecule has 2 aliphatic rings. The first-order chi connectivity index (χ1) is 15.1. The maximum absolute atomic E-state index is 15.0. The summed E-state index contributed by atoms with van der Waals surface area (Å²) in [5.74, 6) is 2.51. The molecule has 1 unspecified atom stereocenters. The van der Waals surface area contributed by atoms with Crippen molar-refractivity contribution >= 4 is 0 Å². The van der Waals surface area contributed by atoms with Crippen LogP contribution < -0.4 is 4.74 Å². The Balaban J connectivity index is 1.43. The average molecular weight is 427 g/mol. The van der Waals surface area contributed by atoms with Crippen LogP contribution in [0.2, 0.25) is 0 Å². The number of benzene rings is 2. The van der Waals surface area contributed by atoms with Crippen LogP contribution in [-0.2, 0) is 0 Å². The van der Waals surface area contributed by atoms with Gasteiger partial charge >= 0.3 is 0 Å². The molecule has 168 valence electrons. The predicted octanol–water partition coefficient (Wildman–Crippen LogP) is 8.52. The summed E-state index contributed by atoms with van der Waals surface area (Å²) >= 11 is 0. The van der Waals surface area contributed by atoms with Gasteiger partial charge in [0.2, 0.25) is 0 Å². The molecule has 2 fully saturated rings. The predicted molar refractivity (Wildman–Crippen MR) is 123 cm³/mol. The van der Waals surface area contributed by atoms with Gasteiger partial charge in [-0.25, -0.2) is 8.78 Å². The quantitative estimate of drug-likeness (QED) is 0.403. The molecule has 3 heteroatoms.